The summed E-state index contributed by atoms with van der Waals surface area (Å²) in [6.45, 7) is 5.30. The van der Waals surface area contributed by atoms with Crippen molar-refractivity contribution in [1.29, 1.82) is 0 Å². The summed E-state index contributed by atoms with van der Waals surface area (Å²) in [4.78, 5) is 14.9. The van der Waals surface area contributed by atoms with E-state index in [4.69, 9.17) is 0 Å². The van der Waals surface area contributed by atoms with Gasteiger partial charge in [-0.3, -0.25) is 9.69 Å². The Morgan fingerprint density at radius 1 is 1.11 bits per heavy atom. The SMILES string of the molecule is CC(C)NC(=O)C[C@H]1CC[C@@H](CNS(=O)(=O)c2ccccc2)N1CC1CC1. The number of nitrogens with one attached hydrogen (secondary N) is 2. The van der Waals surface area contributed by atoms with Crippen LogP contribution in [0.4, 0.5) is 0 Å². The number of hydrogen-bond acceptors (Lipinski definition) is 4. The van der Waals surface area contributed by atoms with Crippen LogP contribution in [-0.4, -0.2) is 50.4 Å². The topological polar surface area (TPSA) is 78.5 Å². The van der Waals surface area contributed by atoms with Crippen molar-refractivity contribution < 1.29 is 13.2 Å². The number of benzene rings is 1. The van der Waals surface area contributed by atoms with E-state index in [1.54, 1.807) is 30.3 Å². The molecule has 2 aliphatic rings. The molecule has 1 aromatic rings. The first-order chi connectivity index (χ1) is 12.8. The smallest absolute Gasteiger partial charge is 0.240 e. The van der Waals surface area contributed by atoms with Crippen LogP contribution < -0.4 is 10.0 Å². The van der Waals surface area contributed by atoms with Crippen LogP contribution >= 0.6 is 0 Å². The largest absolute Gasteiger partial charge is 0.354 e. The van der Waals surface area contributed by atoms with Crippen molar-refractivity contribution in [2.45, 2.75) is 69.0 Å². The summed E-state index contributed by atoms with van der Waals surface area (Å²) in [5.74, 6) is 0.785. The molecule has 2 atom stereocenters. The Hall–Kier alpha value is -1.44. The zero-order valence-electron chi connectivity index (χ0n) is 16.2. The lowest BCUT2D eigenvalue weighted by atomic mass is 10.1. The Morgan fingerprint density at radius 3 is 2.41 bits per heavy atom. The molecule has 0 unspecified atom stereocenters. The summed E-state index contributed by atoms with van der Waals surface area (Å²) in [6.07, 6.45) is 4.83. The molecule has 150 valence electrons. The van der Waals surface area contributed by atoms with Gasteiger partial charge in [-0.05, 0) is 57.6 Å². The van der Waals surface area contributed by atoms with E-state index in [-0.39, 0.29) is 24.0 Å². The third kappa shape index (κ3) is 5.77. The fourth-order valence-corrected chi connectivity index (χ4v) is 4.93. The van der Waals surface area contributed by atoms with Crippen molar-refractivity contribution in [2.24, 2.45) is 5.92 Å². The van der Waals surface area contributed by atoms with Crippen LogP contribution in [-0.2, 0) is 14.8 Å². The predicted octanol–water partition coefficient (Wildman–Crippen LogP) is 2.12. The van der Waals surface area contributed by atoms with E-state index >= 15 is 0 Å². The molecule has 1 saturated heterocycles. The van der Waals surface area contributed by atoms with Gasteiger partial charge < -0.3 is 5.32 Å². The van der Waals surface area contributed by atoms with Gasteiger partial charge in [0.2, 0.25) is 15.9 Å². The van der Waals surface area contributed by atoms with E-state index in [1.165, 1.54) is 12.8 Å². The zero-order chi connectivity index (χ0) is 19.4. The molecule has 0 radical (unpaired) electrons. The van der Waals surface area contributed by atoms with Crippen LogP contribution in [0.3, 0.4) is 0 Å². The Bertz CT molecular complexity index is 732. The second-order valence-electron chi connectivity index (χ2n) is 8.12. The van der Waals surface area contributed by atoms with E-state index in [0.29, 0.717) is 23.8 Å². The number of amides is 1. The van der Waals surface area contributed by atoms with E-state index in [9.17, 15) is 13.2 Å². The van der Waals surface area contributed by atoms with Gasteiger partial charge in [-0.1, -0.05) is 18.2 Å². The third-order valence-corrected chi connectivity index (χ3v) is 6.81. The Balaban J connectivity index is 1.61. The lowest BCUT2D eigenvalue weighted by Crippen LogP contribution is -2.45. The standard InChI is InChI=1S/C20H31N3O3S/c1-15(2)22-20(24)12-17-10-11-18(23(17)14-16-8-9-16)13-21-27(25,26)19-6-4-3-5-7-19/h3-7,15-18,21H,8-14H2,1-2H3,(H,22,24)/t17-,18+/m1/s1. The summed E-state index contributed by atoms with van der Waals surface area (Å²) in [5.41, 5.74) is 0. The molecule has 3 rings (SSSR count). The van der Waals surface area contributed by atoms with Gasteiger partial charge in [0.15, 0.2) is 0 Å². The molecular formula is C20H31N3O3S. The van der Waals surface area contributed by atoms with Crippen LogP contribution in [0.25, 0.3) is 0 Å². The van der Waals surface area contributed by atoms with Crippen LogP contribution in [0.1, 0.15) is 46.0 Å². The van der Waals surface area contributed by atoms with Gasteiger partial charge in [0.25, 0.3) is 0 Å². The zero-order valence-corrected chi connectivity index (χ0v) is 17.0. The van der Waals surface area contributed by atoms with Gasteiger partial charge in [-0.2, -0.15) is 0 Å². The first-order valence-electron chi connectivity index (χ1n) is 9.95. The summed E-state index contributed by atoms with van der Waals surface area (Å²) < 4.78 is 27.8. The lowest BCUT2D eigenvalue weighted by Gasteiger charge is -2.30. The molecule has 7 heteroatoms. The normalized spacial score (nSPS) is 23.7. The highest BCUT2D eigenvalue weighted by Crippen LogP contribution is 2.35. The fraction of sp³-hybridized carbons (Fsp3) is 0.650. The molecule has 1 aromatic carbocycles. The molecule has 27 heavy (non-hydrogen) atoms. The number of rotatable bonds is 9. The van der Waals surface area contributed by atoms with Crippen LogP contribution in [0, 0.1) is 5.92 Å². The molecule has 1 aliphatic carbocycles. The molecular weight excluding hydrogens is 362 g/mol. The second kappa shape index (κ2) is 8.71. The first-order valence-corrected chi connectivity index (χ1v) is 11.4. The number of hydrogen-bond donors (Lipinski definition) is 2. The average molecular weight is 394 g/mol. The Kier molecular flexibility index (Phi) is 6.55. The average Bonchev–Trinajstić information content (AvgIpc) is 3.36. The third-order valence-electron chi connectivity index (χ3n) is 5.37. The lowest BCUT2D eigenvalue weighted by molar-refractivity contribution is -0.122. The molecule has 1 amide bonds. The van der Waals surface area contributed by atoms with Gasteiger partial charge in [0.1, 0.15) is 0 Å². The number of carbonyl (C=O) groups excluding carboxylic acids is 1. The van der Waals surface area contributed by atoms with Gasteiger partial charge in [0.05, 0.1) is 4.90 Å². The van der Waals surface area contributed by atoms with Crippen LogP contribution in [0.5, 0.6) is 0 Å². The Morgan fingerprint density at radius 2 is 1.78 bits per heavy atom. The molecule has 2 fully saturated rings. The summed E-state index contributed by atoms with van der Waals surface area (Å²) in [5, 5.41) is 2.97. The number of sulfonamides is 1. The minimum Gasteiger partial charge on any atom is -0.354 e. The first kappa shape index (κ1) is 20.3. The Labute approximate surface area is 162 Å². The maximum Gasteiger partial charge on any atom is 0.240 e. The summed E-state index contributed by atoms with van der Waals surface area (Å²) in [7, 11) is -3.50. The number of carbonyl (C=O) groups is 1. The van der Waals surface area contributed by atoms with Crippen molar-refractivity contribution in [3.63, 3.8) is 0 Å². The van der Waals surface area contributed by atoms with Crippen molar-refractivity contribution >= 4 is 15.9 Å². The molecule has 0 aromatic heterocycles. The minimum atomic E-state index is -3.50. The molecule has 6 nitrogen and oxygen atoms in total. The van der Waals surface area contributed by atoms with E-state index < -0.39 is 10.0 Å². The molecule has 1 aliphatic heterocycles. The van der Waals surface area contributed by atoms with Crippen molar-refractivity contribution in [2.75, 3.05) is 13.1 Å². The maximum absolute atomic E-state index is 12.5. The quantitative estimate of drug-likeness (QED) is 0.674. The van der Waals surface area contributed by atoms with Gasteiger partial charge in [0, 0.05) is 37.6 Å². The van der Waals surface area contributed by atoms with E-state index in [1.807, 2.05) is 13.8 Å². The van der Waals surface area contributed by atoms with Gasteiger partial charge in [-0.25, -0.2) is 13.1 Å². The number of nitrogens with zero attached hydrogens (tertiary/aromatic N) is 1. The molecule has 0 bridgehead atoms. The summed E-state index contributed by atoms with van der Waals surface area (Å²) in [6, 6.07) is 8.98. The van der Waals surface area contributed by atoms with Crippen LogP contribution in [0.15, 0.2) is 35.2 Å². The predicted molar refractivity (Wildman–Crippen MR) is 106 cm³/mol. The fourth-order valence-electron chi connectivity index (χ4n) is 3.83. The van der Waals surface area contributed by atoms with E-state index in [0.717, 1.165) is 19.4 Å². The maximum atomic E-state index is 12.5. The molecule has 1 saturated carbocycles. The molecule has 1 heterocycles. The monoisotopic (exact) mass is 393 g/mol. The van der Waals surface area contributed by atoms with Crippen molar-refractivity contribution in [1.82, 2.24) is 14.9 Å². The molecule has 0 spiro atoms. The highest BCUT2D eigenvalue weighted by molar-refractivity contribution is 7.89. The van der Waals surface area contributed by atoms with E-state index in [2.05, 4.69) is 14.9 Å². The van der Waals surface area contributed by atoms with Gasteiger partial charge >= 0.3 is 0 Å². The highest BCUT2D eigenvalue weighted by Gasteiger charge is 2.38. The minimum absolute atomic E-state index is 0.0845. The summed E-state index contributed by atoms with van der Waals surface area (Å²) >= 11 is 0. The highest BCUT2D eigenvalue weighted by atomic mass is 32.2. The molecule has 2 N–H and O–H groups in total. The van der Waals surface area contributed by atoms with Crippen LogP contribution in [0.2, 0.25) is 0 Å². The van der Waals surface area contributed by atoms with Gasteiger partial charge in [-0.15, -0.1) is 0 Å². The van der Waals surface area contributed by atoms with Crippen molar-refractivity contribution in [3.8, 4) is 0 Å². The van der Waals surface area contributed by atoms with Crippen molar-refractivity contribution in [3.05, 3.63) is 30.3 Å². The number of likely N-dealkylation sites (tertiary alicyclic amines) is 1. The second-order valence-corrected chi connectivity index (χ2v) is 9.88.